The van der Waals surface area contributed by atoms with Crippen molar-refractivity contribution in [2.24, 2.45) is 0 Å². The summed E-state index contributed by atoms with van der Waals surface area (Å²) in [7, 11) is 0. The molecule has 4 heteroatoms. The van der Waals surface area contributed by atoms with Crippen molar-refractivity contribution in [1.29, 1.82) is 0 Å². The molecule has 2 nitrogen and oxygen atoms in total. The molecule has 0 bridgehead atoms. The van der Waals surface area contributed by atoms with E-state index in [-0.39, 0.29) is 11.7 Å². The van der Waals surface area contributed by atoms with E-state index in [1.807, 2.05) is 0 Å². The van der Waals surface area contributed by atoms with Crippen LogP contribution in [-0.4, -0.2) is 5.91 Å². The van der Waals surface area contributed by atoms with Gasteiger partial charge in [-0.3, -0.25) is 4.79 Å². The third-order valence-electron chi connectivity index (χ3n) is 3.08. The second-order valence-electron chi connectivity index (χ2n) is 5.07. The van der Waals surface area contributed by atoms with E-state index in [4.69, 9.17) is 0 Å². The van der Waals surface area contributed by atoms with Crippen molar-refractivity contribution in [1.82, 2.24) is 5.32 Å². The molecule has 104 valence electrons. The van der Waals surface area contributed by atoms with Gasteiger partial charge in [-0.1, -0.05) is 18.2 Å². The summed E-state index contributed by atoms with van der Waals surface area (Å²) in [5.74, 6) is -1.16. The summed E-state index contributed by atoms with van der Waals surface area (Å²) in [5.41, 5.74) is -0.136. The van der Waals surface area contributed by atoms with Gasteiger partial charge >= 0.3 is 0 Å². The van der Waals surface area contributed by atoms with Crippen LogP contribution in [0, 0.1) is 11.6 Å². The first kappa shape index (κ1) is 14.2. The Labute approximate surface area is 116 Å². The summed E-state index contributed by atoms with van der Waals surface area (Å²) in [6, 6.07) is 11.5. The van der Waals surface area contributed by atoms with Crippen LogP contribution >= 0.6 is 0 Å². The van der Waals surface area contributed by atoms with Crippen LogP contribution in [0.2, 0.25) is 0 Å². The Morgan fingerprint density at radius 3 is 2.20 bits per heavy atom. The molecule has 2 aromatic rings. The largest absolute Gasteiger partial charge is 0.343 e. The molecule has 0 saturated heterocycles. The van der Waals surface area contributed by atoms with Gasteiger partial charge in [0.1, 0.15) is 11.6 Å². The molecule has 0 aliphatic carbocycles. The van der Waals surface area contributed by atoms with Gasteiger partial charge in [-0.15, -0.1) is 0 Å². The highest BCUT2D eigenvalue weighted by atomic mass is 19.1. The molecule has 0 aliphatic rings. The highest BCUT2D eigenvalue weighted by molar-refractivity contribution is 5.94. The van der Waals surface area contributed by atoms with Gasteiger partial charge in [0.2, 0.25) is 0 Å². The topological polar surface area (TPSA) is 29.1 Å². The van der Waals surface area contributed by atoms with Gasteiger partial charge < -0.3 is 5.32 Å². The quantitative estimate of drug-likeness (QED) is 0.910. The fraction of sp³-hybridized carbons (Fsp3) is 0.188. The average Bonchev–Trinajstić information content (AvgIpc) is 2.39. The summed E-state index contributed by atoms with van der Waals surface area (Å²) in [6.45, 7) is 3.43. The molecule has 1 N–H and O–H groups in total. The zero-order chi connectivity index (χ0) is 14.8. The number of amides is 1. The monoisotopic (exact) mass is 275 g/mol. The molecule has 2 rings (SSSR count). The van der Waals surface area contributed by atoms with Gasteiger partial charge in [-0.25, -0.2) is 8.78 Å². The lowest BCUT2D eigenvalue weighted by Gasteiger charge is -2.27. The first-order valence-electron chi connectivity index (χ1n) is 6.23. The highest BCUT2D eigenvalue weighted by Gasteiger charge is 2.26. The van der Waals surface area contributed by atoms with Crippen LogP contribution in [0.15, 0.2) is 48.5 Å². The lowest BCUT2D eigenvalue weighted by Crippen LogP contribution is -2.41. The van der Waals surface area contributed by atoms with E-state index in [9.17, 15) is 13.6 Å². The van der Waals surface area contributed by atoms with Crippen molar-refractivity contribution >= 4 is 5.91 Å². The number of carbonyl (C=O) groups excluding carboxylic acids is 1. The van der Waals surface area contributed by atoms with Gasteiger partial charge in [0.05, 0.1) is 5.54 Å². The number of rotatable bonds is 3. The number of hydrogen-bond acceptors (Lipinski definition) is 1. The predicted octanol–water partition coefficient (Wildman–Crippen LogP) is 3.63. The summed E-state index contributed by atoms with van der Waals surface area (Å²) in [5, 5.41) is 2.75. The summed E-state index contributed by atoms with van der Waals surface area (Å²) in [4.78, 5) is 12.1. The van der Waals surface area contributed by atoms with E-state index >= 15 is 0 Å². The van der Waals surface area contributed by atoms with Crippen LogP contribution in [0.25, 0.3) is 0 Å². The number of benzene rings is 2. The zero-order valence-corrected chi connectivity index (χ0v) is 11.3. The summed E-state index contributed by atoms with van der Waals surface area (Å²) in [6.07, 6.45) is 0. The lowest BCUT2D eigenvalue weighted by atomic mass is 9.93. The smallest absolute Gasteiger partial charge is 0.251 e. The van der Waals surface area contributed by atoms with E-state index in [2.05, 4.69) is 5.32 Å². The van der Waals surface area contributed by atoms with Crippen LogP contribution in [0.5, 0.6) is 0 Å². The van der Waals surface area contributed by atoms with Crippen molar-refractivity contribution in [2.75, 3.05) is 0 Å². The van der Waals surface area contributed by atoms with Crippen LogP contribution < -0.4 is 5.32 Å². The van der Waals surface area contributed by atoms with Crippen LogP contribution in [-0.2, 0) is 5.54 Å². The molecular formula is C16H15F2NO. The van der Waals surface area contributed by atoms with Crippen molar-refractivity contribution in [2.45, 2.75) is 19.4 Å². The van der Waals surface area contributed by atoms with Gasteiger partial charge in [0.15, 0.2) is 0 Å². The Hall–Kier alpha value is -2.23. The van der Waals surface area contributed by atoms with Gasteiger partial charge in [0.25, 0.3) is 5.91 Å². The molecule has 0 aromatic heterocycles. The van der Waals surface area contributed by atoms with Gasteiger partial charge in [0, 0.05) is 11.1 Å². The van der Waals surface area contributed by atoms with Crippen molar-refractivity contribution < 1.29 is 13.6 Å². The molecule has 0 radical (unpaired) electrons. The summed E-state index contributed by atoms with van der Waals surface area (Å²) < 4.78 is 26.6. The number of carbonyl (C=O) groups is 1. The summed E-state index contributed by atoms with van der Waals surface area (Å²) >= 11 is 0. The molecule has 0 aliphatic heterocycles. The number of hydrogen-bond donors (Lipinski definition) is 1. The molecule has 2 aromatic carbocycles. The highest BCUT2D eigenvalue weighted by Crippen LogP contribution is 2.23. The molecule has 0 saturated carbocycles. The predicted molar refractivity (Wildman–Crippen MR) is 73.3 cm³/mol. The lowest BCUT2D eigenvalue weighted by molar-refractivity contribution is 0.0911. The normalized spacial score (nSPS) is 11.2. The molecule has 0 atom stereocenters. The molecule has 0 spiro atoms. The molecule has 0 fully saturated rings. The molecule has 1 amide bonds. The second-order valence-corrected chi connectivity index (χ2v) is 5.07. The van der Waals surface area contributed by atoms with E-state index < -0.39 is 11.4 Å². The molecule has 20 heavy (non-hydrogen) atoms. The van der Waals surface area contributed by atoms with Crippen molar-refractivity contribution in [3.05, 3.63) is 71.3 Å². The van der Waals surface area contributed by atoms with E-state index in [1.165, 1.54) is 30.3 Å². The Balaban J connectivity index is 2.22. The Bertz CT molecular complexity index is 621. The standard InChI is InChI=1S/C16H15F2NO/c1-16(2,13-5-3-4-6-14(13)18)19-15(20)11-7-9-12(17)10-8-11/h3-10H,1-2H3,(H,19,20). The van der Waals surface area contributed by atoms with Gasteiger partial charge in [-0.05, 0) is 44.2 Å². The second kappa shape index (κ2) is 5.41. The van der Waals surface area contributed by atoms with Crippen molar-refractivity contribution in [3.8, 4) is 0 Å². The first-order valence-corrected chi connectivity index (χ1v) is 6.23. The minimum atomic E-state index is -0.864. The third kappa shape index (κ3) is 3.02. The van der Waals surface area contributed by atoms with Gasteiger partial charge in [-0.2, -0.15) is 0 Å². The fourth-order valence-electron chi connectivity index (χ4n) is 1.99. The van der Waals surface area contributed by atoms with Crippen LogP contribution in [0.4, 0.5) is 8.78 Å². The van der Waals surface area contributed by atoms with E-state index in [0.717, 1.165) is 0 Å². The Morgan fingerprint density at radius 2 is 1.60 bits per heavy atom. The average molecular weight is 275 g/mol. The Kier molecular flexibility index (Phi) is 3.84. The minimum Gasteiger partial charge on any atom is -0.343 e. The van der Waals surface area contributed by atoms with Crippen molar-refractivity contribution in [3.63, 3.8) is 0 Å². The molecule has 0 heterocycles. The fourth-order valence-corrected chi connectivity index (χ4v) is 1.99. The zero-order valence-electron chi connectivity index (χ0n) is 11.3. The first-order chi connectivity index (χ1) is 9.40. The maximum Gasteiger partial charge on any atom is 0.251 e. The maximum atomic E-state index is 13.8. The number of nitrogens with one attached hydrogen (secondary N) is 1. The minimum absolute atomic E-state index is 0.329. The SMILES string of the molecule is CC(C)(NC(=O)c1ccc(F)cc1)c1ccccc1F. The molecule has 0 unspecified atom stereocenters. The van der Waals surface area contributed by atoms with E-state index in [0.29, 0.717) is 11.1 Å². The third-order valence-corrected chi connectivity index (χ3v) is 3.08. The maximum absolute atomic E-state index is 13.8. The number of halogens is 2. The van der Waals surface area contributed by atoms with Crippen LogP contribution in [0.1, 0.15) is 29.8 Å². The van der Waals surface area contributed by atoms with Crippen LogP contribution in [0.3, 0.4) is 0 Å². The van der Waals surface area contributed by atoms with E-state index in [1.54, 1.807) is 32.0 Å². The molecular weight excluding hydrogens is 260 g/mol. The Morgan fingerprint density at radius 1 is 1.00 bits per heavy atom.